The first-order valence-corrected chi connectivity index (χ1v) is 21.9. The van der Waals surface area contributed by atoms with Crippen molar-refractivity contribution in [3.63, 3.8) is 0 Å². The van der Waals surface area contributed by atoms with Gasteiger partial charge in [-0.1, -0.05) is 133 Å². The predicted octanol–water partition coefficient (Wildman–Crippen LogP) is 12.1. The van der Waals surface area contributed by atoms with Crippen LogP contribution >= 0.6 is 12.4 Å². The summed E-state index contributed by atoms with van der Waals surface area (Å²) in [6, 6.07) is 20.8. The zero-order valence-corrected chi connectivity index (χ0v) is 42.8. The molecule has 0 saturated carbocycles. The molecule has 1 N–H and O–H groups in total. The van der Waals surface area contributed by atoms with Crippen LogP contribution in [0.3, 0.4) is 0 Å². The van der Waals surface area contributed by atoms with Crippen LogP contribution in [0.1, 0.15) is 152 Å². The molecule has 0 aliphatic carbocycles. The van der Waals surface area contributed by atoms with E-state index in [1.165, 1.54) is 75.0 Å². The average Bonchev–Trinajstić information content (AvgIpc) is 3.18. The summed E-state index contributed by atoms with van der Waals surface area (Å²) in [5.41, 5.74) is 6.70. The minimum Gasteiger partial charge on any atom is -0.487 e. The number of carboxylic acid groups (broad SMARTS) is 1. The second kappa shape index (κ2) is 30.4. The number of carbonyl (C=O) groups is 3. The minimum atomic E-state index is -1.38. The van der Waals surface area contributed by atoms with Gasteiger partial charge in [-0.2, -0.15) is 0 Å². The molecule has 1 radical (unpaired) electrons. The molecule has 0 bridgehead atoms. The first kappa shape index (κ1) is 58.3. The number of Topliss-reactive ketones (excluding diaryl/α,β-unsaturated/α-hetero) is 1. The molecule has 337 valence electrons. The maximum Gasteiger partial charge on any atom is 0.371 e. The van der Waals surface area contributed by atoms with Gasteiger partial charge in [-0.05, 0) is 113 Å². The Morgan fingerprint density at radius 2 is 1.25 bits per heavy atom. The van der Waals surface area contributed by atoms with Crippen molar-refractivity contribution in [2.45, 2.75) is 152 Å². The molecule has 0 amide bonds. The summed E-state index contributed by atoms with van der Waals surface area (Å²) in [6.45, 7) is 22.1. The summed E-state index contributed by atoms with van der Waals surface area (Å²) in [6.07, 6.45) is 13.9. The quantitative estimate of drug-likeness (QED) is 0.0518. The number of halogens is 1. The summed E-state index contributed by atoms with van der Waals surface area (Å²) >= 11 is 0. The SMILES string of the molecule is CC(=O)C(=O)O.CC(=O)Oc1c(C)c(C)c2c(c1C)CC[C@@](C)(CCC[C@H](C)CCC[C@H](C)CCCC(C)C)O2.CN(C)CCOC(c1ccccc1)c1ccccc1.Cl.[Na]. The Hall–Kier alpha value is -2.72. The van der Waals surface area contributed by atoms with Crippen molar-refractivity contribution in [1.82, 2.24) is 4.90 Å². The summed E-state index contributed by atoms with van der Waals surface area (Å²) < 4.78 is 18.3. The second-order valence-corrected chi connectivity index (χ2v) is 17.8. The van der Waals surface area contributed by atoms with Gasteiger partial charge in [-0.25, -0.2) is 4.79 Å². The second-order valence-electron chi connectivity index (χ2n) is 17.8. The Labute approximate surface area is 398 Å². The van der Waals surface area contributed by atoms with E-state index in [0.29, 0.717) is 0 Å². The number of benzene rings is 3. The van der Waals surface area contributed by atoms with Gasteiger partial charge in [0.25, 0.3) is 0 Å². The summed E-state index contributed by atoms with van der Waals surface area (Å²) in [5.74, 6) is 1.79. The molecule has 61 heavy (non-hydrogen) atoms. The summed E-state index contributed by atoms with van der Waals surface area (Å²) in [7, 11) is 4.12. The first-order valence-electron chi connectivity index (χ1n) is 21.9. The predicted molar refractivity (Wildman–Crippen MR) is 255 cm³/mol. The van der Waals surface area contributed by atoms with Crippen LogP contribution in [-0.2, 0) is 25.5 Å². The van der Waals surface area contributed by atoms with Crippen molar-refractivity contribution in [2.75, 3.05) is 27.2 Å². The van der Waals surface area contributed by atoms with Gasteiger partial charge in [0.15, 0.2) is 0 Å². The smallest absolute Gasteiger partial charge is 0.371 e. The number of hydrogen-bond acceptors (Lipinski definition) is 7. The normalized spacial score (nSPS) is 15.1. The van der Waals surface area contributed by atoms with Gasteiger partial charge in [-0.15, -0.1) is 12.4 Å². The monoisotopic (exact) mass is 875 g/mol. The number of fused-ring (bicyclic) bond motifs is 1. The molecular weight excluding hydrogens is 797 g/mol. The number of carboxylic acids is 1. The van der Waals surface area contributed by atoms with Crippen LogP contribution in [-0.4, -0.2) is 90.1 Å². The standard InChI is InChI=1S/C31H52O3.C17H21NO.C3H4O3.ClH.Na/c1-21(2)13-10-14-22(3)15-11-16-23(4)17-12-19-31(9)20-18-28-26(7)29(33-27(8)32)24(5)25(6)30(28)34-31;1-18(2)13-14-19-17(15-9-5-3-6-10-15)16-11-7-4-8-12-16;1-2(4)3(5)6;;/h21-23H,10-20H2,1-9H3;3-12,17H,13-14H2,1-2H3;1H3,(H,5,6);1H;/t22-,23-,31-;;;;/m1..../s1. The Bertz CT molecular complexity index is 1670. The van der Waals surface area contributed by atoms with E-state index in [1.54, 1.807) is 0 Å². The van der Waals surface area contributed by atoms with Crippen molar-refractivity contribution in [2.24, 2.45) is 17.8 Å². The number of likely N-dealkylation sites (N-methyl/N-ethyl adjacent to an activating group) is 1. The van der Waals surface area contributed by atoms with E-state index in [0.717, 1.165) is 85.3 Å². The number of ketones is 1. The fourth-order valence-electron chi connectivity index (χ4n) is 7.55. The van der Waals surface area contributed by atoms with E-state index in [4.69, 9.17) is 19.3 Å². The largest absolute Gasteiger partial charge is 0.487 e. The van der Waals surface area contributed by atoms with Gasteiger partial charge in [-0.3, -0.25) is 9.59 Å². The average molecular weight is 876 g/mol. The number of esters is 1. The van der Waals surface area contributed by atoms with E-state index in [-0.39, 0.29) is 59.6 Å². The Balaban J connectivity index is 0.00000112. The minimum absolute atomic E-state index is 0. The van der Waals surface area contributed by atoms with Crippen LogP contribution in [0.15, 0.2) is 60.7 Å². The van der Waals surface area contributed by atoms with E-state index < -0.39 is 11.8 Å². The molecule has 3 aromatic rings. The fourth-order valence-corrected chi connectivity index (χ4v) is 7.55. The van der Waals surface area contributed by atoms with Crippen molar-refractivity contribution in [3.05, 3.63) is 94.0 Å². The third kappa shape index (κ3) is 22.0. The molecular formula is C51H78ClNNaO7. The van der Waals surface area contributed by atoms with E-state index in [2.05, 4.69) is 116 Å². The topological polar surface area (TPSA) is 102 Å². The number of hydrogen-bond donors (Lipinski definition) is 1. The molecule has 0 saturated heterocycles. The molecule has 4 rings (SSSR count). The van der Waals surface area contributed by atoms with E-state index >= 15 is 0 Å². The van der Waals surface area contributed by atoms with Crippen molar-refractivity contribution >= 4 is 59.7 Å². The molecule has 0 spiro atoms. The summed E-state index contributed by atoms with van der Waals surface area (Å²) in [4.78, 5) is 32.6. The third-order valence-corrected chi connectivity index (χ3v) is 11.4. The van der Waals surface area contributed by atoms with Gasteiger partial charge in [0, 0.05) is 55.5 Å². The maximum atomic E-state index is 11.6. The molecule has 3 atom stereocenters. The van der Waals surface area contributed by atoms with Crippen LogP contribution in [0.5, 0.6) is 11.5 Å². The number of ether oxygens (including phenoxy) is 3. The number of aliphatic carboxylic acids is 1. The number of rotatable bonds is 20. The molecule has 8 nitrogen and oxygen atoms in total. The van der Waals surface area contributed by atoms with E-state index in [1.807, 2.05) is 19.1 Å². The molecule has 1 heterocycles. The fraction of sp³-hybridized carbons (Fsp3) is 0.588. The van der Waals surface area contributed by atoms with Gasteiger partial charge in [0.2, 0.25) is 5.78 Å². The van der Waals surface area contributed by atoms with Gasteiger partial charge < -0.3 is 24.2 Å². The molecule has 0 aromatic heterocycles. The number of carbonyl (C=O) groups excluding carboxylic acids is 2. The van der Waals surface area contributed by atoms with Gasteiger partial charge in [0.1, 0.15) is 23.2 Å². The van der Waals surface area contributed by atoms with Crippen LogP contribution in [0.25, 0.3) is 0 Å². The molecule has 10 heteroatoms. The van der Waals surface area contributed by atoms with Gasteiger partial charge in [0.05, 0.1) is 6.61 Å². The summed E-state index contributed by atoms with van der Waals surface area (Å²) in [5, 5.41) is 7.64. The van der Waals surface area contributed by atoms with Crippen molar-refractivity contribution in [3.8, 4) is 11.5 Å². The zero-order chi connectivity index (χ0) is 44.1. The van der Waals surface area contributed by atoms with Crippen molar-refractivity contribution < 1.29 is 33.7 Å². The molecule has 0 unspecified atom stereocenters. The third-order valence-electron chi connectivity index (χ3n) is 11.4. The zero-order valence-electron chi connectivity index (χ0n) is 40.0. The van der Waals surface area contributed by atoms with E-state index in [9.17, 15) is 14.4 Å². The van der Waals surface area contributed by atoms with Gasteiger partial charge >= 0.3 is 11.9 Å². The van der Waals surface area contributed by atoms with Crippen LogP contribution < -0.4 is 9.47 Å². The van der Waals surface area contributed by atoms with Crippen LogP contribution in [0.2, 0.25) is 0 Å². The van der Waals surface area contributed by atoms with Crippen LogP contribution in [0, 0.1) is 38.5 Å². The Morgan fingerprint density at radius 3 is 1.69 bits per heavy atom. The first-order chi connectivity index (χ1) is 27.8. The molecule has 3 aromatic carbocycles. The molecule has 1 aliphatic rings. The molecule has 1 aliphatic heterocycles. The van der Waals surface area contributed by atoms with Crippen molar-refractivity contribution in [1.29, 1.82) is 0 Å². The molecule has 0 fully saturated rings. The number of nitrogens with zero attached hydrogens (tertiary/aromatic N) is 1. The maximum absolute atomic E-state index is 11.6. The van der Waals surface area contributed by atoms with Crippen LogP contribution in [0.4, 0.5) is 0 Å². The Morgan fingerprint density at radius 1 is 0.770 bits per heavy atom. The Kier molecular flexibility index (Phi) is 29.0.